The number of hydrogen-bond donors (Lipinski definition) is 2. The van der Waals surface area contributed by atoms with Gasteiger partial charge in [-0.2, -0.15) is 0 Å². The number of carbonyl (C=O) groups excluding carboxylic acids is 1. The lowest BCUT2D eigenvalue weighted by molar-refractivity contribution is 0.0595. The Morgan fingerprint density at radius 1 is 0.826 bits per heavy atom. The summed E-state index contributed by atoms with van der Waals surface area (Å²) in [6.45, 7) is 11.6. The van der Waals surface area contributed by atoms with Crippen LogP contribution in [0.1, 0.15) is 53.4 Å². The summed E-state index contributed by atoms with van der Waals surface area (Å²) < 4.78 is 16.4. The molecule has 6 heteroatoms. The van der Waals surface area contributed by atoms with Crippen LogP contribution < -0.4 is 20.5 Å². The van der Waals surface area contributed by atoms with Crippen LogP contribution in [0.3, 0.4) is 0 Å². The van der Waals surface area contributed by atoms with E-state index in [4.69, 9.17) is 19.9 Å². The molecule has 0 unspecified atom stereocenters. The number of anilines is 2. The number of nitrogens with two attached hydrogens (primary N) is 1. The van der Waals surface area contributed by atoms with Gasteiger partial charge in [0, 0.05) is 16.9 Å². The van der Waals surface area contributed by atoms with E-state index < -0.39 is 5.97 Å². The maximum atomic E-state index is 11.9. The van der Waals surface area contributed by atoms with Crippen molar-refractivity contribution in [2.24, 2.45) is 5.73 Å². The molecule has 0 saturated heterocycles. The summed E-state index contributed by atoms with van der Waals surface area (Å²) in [5, 5.41) is 3.47. The Bertz CT molecular complexity index is 1590. The normalized spacial score (nSPS) is 10.9. The van der Waals surface area contributed by atoms with Gasteiger partial charge >= 0.3 is 5.97 Å². The van der Waals surface area contributed by atoms with Crippen molar-refractivity contribution >= 4 is 22.9 Å². The fourth-order valence-electron chi connectivity index (χ4n) is 4.68. The number of benzene rings is 4. The van der Waals surface area contributed by atoms with Crippen LogP contribution in [0.25, 0.3) is 5.57 Å². The van der Waals surface area contributed by atoms with Crippen molar-refractivity contribution in [3.8, 4) is 11.5 Å². The Labute approximate surface area is 274 Å². The second-order valence-corrected chi connectivity index (χ2v) is 10.3. The predicted octanol–water partition coefficient (Wildman–Crippen LogP) is 9.09. The highest BCUT2D eigenvalue weighted by Gasteiger charge is 2.14. The SMILES string of the molecule is C=C/C=C(\C=C/C)c1cc(Nc2ccc(CC)cc2)ccc1OCC.COC(=O)c1cc(CCN)ccc1OCc1ccccc1. The van der Waals surface area contributed by atoms with Gasteiger partial charge in [-0.05, 0) is 98.0 Å². The standard InChI is InChI=1S/C23H27NO.C17H19NO3/c1-5-9-19(10-6-2)22-17-21(15-16-23(22)25-8-4)24-20-13-11-18(7-3)12-14-20;1-20-17(19)15-11-13(9-10-18)7-8-16(15)21-12-14-5-3-2-4-6-14/h5-6,9-17,24H,1,7-8H2,2-4H3;2-8,11H,9-10,12,18H2,1H3/b10-6-,19-9+;. The molecule has 6 nitrogen and oxygen atoms in total. The van der Waals surface area contributed by atoms with Gasteiger partial charge in [0.1, 0.15) is 23.7 Å². The molecule has 3 N–H and O–H groups in total. The fraction of sp³-hybridized carbons (Fsp3) is 0.225. The molecule has 0 aromatic heterocycles. The lowest BCUT2D eigenvalue weighted by atomic mass is 10.0. The van der Waals surface area contributed by atoms with Crippen molar-refractivity contribution in [3.63, 3.8) is 0 Å². The number of aryl methyl sites for hydroxylation is 1. The summed E-state index contributed by atoms with van der Waals surface area (Å²) >= 11 is 0. The summed E-state index contributed by atoms with van der Waals surface area (Å²) in [7, 11) is 1.36. The second kappa shape index (κ2) is 19.3. The quantitative estimate of drug-likeness (QED) is 0.108. The number of esters is 1. The Hall–Kier alpha value is -5.07. The van der Waals surface area contributed by atoms with Crippen molar-refractivity contribution in [2.75, 3.05) is 25.6 Å². The monoisotopic (exact) mass is 618 g/mol. The number of carbonyl (C=O) groups is 1. The highest BCUT2D eigenvalue weighted by molar-refractivity contribution is 5.92. The summed E-state index contributed by atoms with van der Waals surface area (Å²) in [6, 6.07) is 30.0. The van der Waals surface area contributed by atoms with Crippen LogP contribution in [0.4, 0.5) is 11.4 Å². The first-order valence-electron chi connectivity index (χ1n) is 15.6. The van der Waals surface area contributed by atoms with Gasteiger partial charge in [-0.3, -0.25) is 0 Å². The topological polar surface area (TPSA) is 82.8 Å². The molecule has 46 heavy (non-hydrogen) atoms. The maximum Gasteiger partial charge on any atom is 0.341 e. The van der Waals surface area contributed by atoms with Gasteiger partial charge in [0.2, 0.25) is 0 Å². The van der Waals surface area contributed by atoms with Crippen molar-refractivity contribution in [1.29, 1.82) is 0 Å². The van der Waals surface area contributed by atoms with Crippen LogP contribution in [-0.4, -0.2) is 26.2 Å². The van der Waals surface area contributed by atoms with E-state index in [1.807, 2.05) is 74.5 Å². The van der Waals surface area contributed by atoms with Crippen molar-refractivity contribution in [2.45, 2.75) is 40.2 Å². The molecule has 4 aromatic carbocycles. The predicted molar refractivity (Wildman–Crippen MR) is 191 cm³/mol. The van der Waals surface area contributed by atoms with Crippen LogP contribution >= 0.6 is 0 Å². The first-order valence-corrected chi connectivity index (χ1v) is 15.6. The minimum Gasteiger partial charge on any atom is -0.493 e. The van der Waals surface area contributed by atoms with Crippen LogP contribution in [0, 0.1) is 0 Å². The average Bonchev–Trinajstić information content (AvgIpc) is 3.09. The fourth-order valence-corrected chi connectivity index (χ4v) is 4.68. The van der Waals surface area contributed by atoms with Crippen molar-refractivity contribution in [1.82, 2.24) is 0 Å². The lowest BCUT2D eigenvalue weighted by Gasteiger charge is -2.14. The summed E-state index contributed by atoms with van der Waals surface area (Å²) in [5.74, 6) is 0.990. The summed E-state index contributed by atoms with van der Waals surface area (Å²) in [4.78, 5) is 11.9. The molecule has 0 amide bonds. The van der Waals surface area contributed by atoms with E-state index in [-0.39, 0.29) is 0 Å². The Balaban J connectivity index is 0.000000254. The molecule has 0 radical (unpaired) electrons. The number of ether oxygens (including phenoxy) is 3. The molecule has 240 valence electrons. The number of rotatable bonds is 14. The van der Waals surface area contributed by atoms with Gasteiger partial charge in [0.25, 0.3) is 0 Å². The van der Waals surface area contributed by atoms with E-state index in [2.05, 4.69) is 55.2 Å². The highest BCUT2D eigenvalue weighted by atomic mass is 16.5. The van der Waals surface area contributed by atoms with Crippen LogP contribution in [0.5, 0.6) is 11.5 Å². The van der Waals surface area contributed by atoms with Gasteiger partial charge in [-0.1, -0.05) is 86.3 Å². The molecular formula is C40H46N2O4. The van der Waals surface area contributed by atoms with E-state index in [1.165, 1.54) is 12.7 Å². The first kappa shape index (κ1) is 35.4. The molecule has 4 aromatic rings. The summed E-state index contributed by atoms with van der Waals surface area (Å²) in [6.07, 6.45) is 9.65. The Kier molecular flexibility index (Phi) is 14.9. The molecule has 0 aliphatic rings. The van der Waals surface area contributed by atoms with Crippen LogP contribution in [0.15, 0.2) is 122 Å². The Morgan fingerprint density at radius 3 is 2.13 bits per heavy atom. The minimum atomic E-state index is -0.406. The van der Waals surface area contributed by atoms with Gasteiger partial charge < -0.3 is 25.3 Å². The molecule has 0 atom stereocenters. The van der Waals surface area contributed by atoms with E-state index in [1.54, 1.807) is 18.2 Å². The molecule has 0 saturated carbocycles. The van der Waals surface area contributed by atoms with Gasteiger partial charge in [-0.15, -0.1) is 0 Å². The van der Waals surface area contributed by atoms with Crippen molar-refractivity contribution in [3.05, 3.63) is 150 Å². The smallest absolute Gasteiger partial charge is 0.341 e. The zero-order valence-corrected chi connectivity index (χ0v) is 27.4. The largest absolute Gasteiger partial charge is 0.493 e. The zero-order chi connectivity index (χ0) is 33.1. The van der Waals surface area contributed by atoms with E-state index in [9.17, 15) is 4.79 Å². The molecule has 0 heterocycles. The van der Waals surface area contributed by atoms with Crippen LogP contribution in [0.2, 0.25) is 0 Å². The third-order valence-corrected chi connectivity index (χ3v) is 7.00. The van der Waals surface area contributed by atoms with E-state index in [0.717, 1.165) is 45.8 Å². The molecule has 0 spiro atoms. The maximum absolute atomic E-state index is 11.9. The Morgan fingerprint density at radius 2 is 1.50 bits per heavy atom. The van der Waals surface area contributed by atoms with Crippen LogP contribution in [-0.2, 0) is 24.2 Å². The third-order valence-electron chi connectivity index (χ3n) is 7.00. The molecule has 0 aliphatic heterocycles. The second-order valence-electron chi connectivity index (χ2n) is 10.3. The third kappa shape index (κ3) is 10.8. The van der Waals surface area contributed by atoms with E-state index >= 15 is 0 Å². The molecule has 4 rings (SSSR count). The molecule has 0 fully saturated rings. The highest BCUT2D eigenvalue weighted by Crippen LogP contribution is 2.32. The lowest BCUT2D eigenvalue weighted by Crippen LogP contribution is -2.08. The van der Waals surface area contributed by atoms with Gasteiger partial charge in [0.05, 0.1) is 13.7 Å². The molecule has 0 bridgehead atoms. The molecule has 0 aliphatic carbocycles. The minimum absolute atomic E-state index is 0.404. The van der Waals surface area contributed by atoms with E-state index in [0.29, 0.717) is 37.5 Å². The van der Waals surface area contributed by atoms with Gasteiger partial charge in [-0.25, -0.2) is 4.79 Å². The molecular weight excluding hydrogens is 572 g/mol. The number of hydrogen-bond acceptors (Lipinski definition) is 6. The summed E-state index contributed by atoms with van der Waals surface area (Å²) in [5.41, 5.74) is 13.6. The number of nitrogens with one attached hydrogen (secondary N) is 1. The number of methoxy groups -OCH3 is 1. The van der Waals surface area contributed by atoms with Crippen molar-refractivity contribution < 1.29 is 19.0 Å². The zero-order valence-electron chi connectivity index (χ0n) is 27.4. The average molecular weight is 619 g/mol. The number of allylic oxidation sites excluding steroid dienone is 5. The first-order chi connectivity index (χ1) is 22.5. The van der Waals surface area contributed by atoms with Gasteiger partial charge in [0.15, 0.2) is 0 Å².